The SMILES string of the molecule is CCc1cc(CC(O)C2CCCC(CC)C2)n(C)n1. The number of rotatable bonds is 5. The fourth-order valence-electron chi connectivity index (χ4n) is 3.37. The third-order valence-corrected chi connectivity index (χ3v) is 4.75. The summed E-state index contributed by atoms with van der Waals surface area (Å²) in [4.78, 5) is 0. The Hall–Kier alpha value is -0.830. The lowest BCUT2D eigenvalue weighted by molar-refractivity contribution is 0.0671. The van der Waals surface area contributed by atoms with Crippen LogP contribution in [-0.4, -0.2) is 21.0 Å². The van der Waals surface area contributed by atoms with E-state index in [9.17, 15) is 5.11 Å². The molecule has 2 rings (SSSR count). The summed E-state index contributed by atoms with van der Waals surface area (Å²) in [7, 11) is 1.98. The van der Waals surface area contributed by atoms with Crippen molar-refractivity contribution in [1.82, 2.24) is 9.78 Å². The van der Waals surface area contributed by atoms with Crippen molar-refractivity contribution in [3.8, 4) is 0 Å². The lowest BCUT2D eigenvalue weighted by Crippen LogP contribution is -2.28. The molecule has 1 aliphatic carbocycles. The number of hydrogen-bond donors (Lipinski definition) is 1. The molecule has 0 radical (unpaired) electrons. The van der Waals surface area contributed by atoms with Gasteiger partial charge in [-0.15, -0.1) is 0 Å². The monoisotopic (exact) mass is 264 g/mol. The lowest BCUT2D eigenvalue weighted by atomic mass is 9.77. The van der Waals surface area contributed by atoms with Crippen LogP contribution in [0, 0.1) is 11.8 Å². The highest BCUT2D eigenvalue weighted by Gasteiger charge is 2.27. The van der Waals surface area contributed by atoms with Gasteiger partial charge in [-0.3, -0.25) is 4.68 Å². The van der Waals surface area contributed by atoms with E-state index in [1.54, 1.807) is 0 Å². The number of aromatic nitrogens is 2. The molecule has 0 aromatic carbocycles. The van der Waals surface area contributed by atoms with Gasteiger partial charge in [0.15, 0.2) is 0 Å². The van der Waals surface area contributed by atoms with Gasteiger partial charge in [0.05, 0.1) is 11.8 Å². The second kappa shape index (κ2) is 6.56. The molecule has 0 aliphatic heterocycles. The third kappa shape index (κ3) is 3.59. The molecule has 3 nitrogen and oxygen atoms in total. The van der Waals surface area contributed by atoms with Crippen molar-refractivity contribution in [2.45, 2.75) is 64.9 Å². The minimum atomic E-state index is -0.200. The summed E-state index contributed by atoms with van der Waals surface area (Å²) >= 11 is 0. The minimum Gasteiger partial charge on any atom is -0.392 e. The molecule has 3 unspecified atom stereocenters. The highest BCUT2D eigenvalue weighted by Crippen LogP contribution is 2.33. The molecular weight excluding hydrogens is 236 g/mol. The van der Waals surface area contributed by atoms with Gasteiger partial charge in [0.2, 0.25) is 0 Å². The average molecular weight is 264 g/mol. The Labute approximate surface area is 117 Å². The number of nitrogens with zero attached hydrogens (tertiary/aromatic N) is 2. The maximum atomic E-state index is 10.5. The van der Waals surface area contributed by atoms with E-state index in [1.165, 1.54) is 37.8 Å². The molecule has 1 aliphatic rings. The highest BCUT2D eigenvalue weighted by molar-refractivity contribution is 5.11. The lowest BCUT2D eigenvalue weighted by Gasteiger charge is -2.31. The Kier molecular flexibility index (Phi) is 5.03. The summed E-state index contributed by atoms with van der Waals surface area (Å²) in [6.45, 7) is 4.39. The summed E-state index contributed by atoms with van der Waals surface area (Å²) < 4.78 is 1.93. The van der Waals surface area contributed by atoms with Crippen LogP contribution in [0.3, 0.4) is 0 Å². The molecule has 19 heavy (non-hydrogen) atoms. The van der Waals surface area contributed by atoms with Crippen LogP contribution >= 0.6 is 0 Å². The average Bonchev–Trinajstić information content (AvgIpc) is 2.79. The summed E-state index contributed by atoms with van der Waals surface area (Å²) in [5, 5.41) is 15.0. The van der Waals surface area contributed by atoms with Gasteiger partial charge in [0.1, 0.15) is 0 Å². The Morgan fingerprint density at radius 1 is 1.42 bits per heavy atom. The van der Waals surface area contributed by atoms with Crippen LogP contribution in [0.15, 0.2) is 6.07 Å². The fourth-order valence-corrected chi connectivity index (χ4v) is 3.37. The van der Waals surface area contributed by atoms with E-state index in [0.29, 0.717) is 5.92 Å². The van der Waals surface area contributed by atoms with Gasteiger partial charge >= 0.3 is 0 Å². The molecule has 0 spiro atoms. The zero-order valence-electron chi connectivity index (χ0n) is 12.6. The Bertz CT molecular complexity index is 399. The van der Waals surface area contributed by atoms with E-state index >= 15 is 0 Å². The van der Waals surface area contributed by atoms with Gasteiger partial charge in [0, 0.05) is 19.2 Å². The number of aliphatic hydroxyl groups is 1. The van der Waals surface area contributed by atoms with Crippen molar-refractivity contribution < 1.29 is 5.11 Å². The Morgan fingerprint density at radius 3 is 2.84 bits per heavy atom. The van der Waals surface area contributed by atoms with Crippen LogP contribution in [0.4, 0.5) is 0 Å². The van der Waals surface area contributed by atoms with Crippen LogP contribution in [0.5, 0.6) is 0 Å². The molecule has 1 fully saturated rings. The number of aliphatic hydroxyl groups excluding tert-OH is 1. The highest BCUT2D eigenvalue weighted by atomic mass is 16.3. The van der Waals surface area contributed by atoms with Gasteiger partial charge in [-0.25, -0.2) is 0 Å². The molecule has 0 bridgehead atoms. The molecule has 1 N–H and O–H groups in total. The van der Waals surface area contributed by atoms with Crippen molar-refractivity contribution >= 4 is 0 Å². The van der Waals surface area contributed by atoms with E-state index in [0.717, 1.165) is 24.5 Å². The summed E-state index contributed by atoms with van der Waals surface area (Å²) in [6.07, 6.45) is 7.81. The second-order valence-electron chi connectivity index (χ2n) is 6.08. The number of aryl methyl sites for hydroxylation is 2. The van der Waals surface area contributed by atoms with Crippen molar-refractivity contribution in [2.75, 3.05) is 0 Å². The van der Waals surface area contributed by atoms with Crippen molar-refractivity contribution in [2.24, 2.45) is 18.9 Å². The number of hydrogen-bond acceptors (Lipinski definition) is 2. The van der Waals surface area contributed by atoms with Crippen molar-refractivity contribution in [1.29, 1.82) is 0 Å². The van der Waals surface area contributed by atoms with E-state index < -0.39 is 0 Å². The molecule has 1 saturated carbocycles. The first kappa shape index (κ1) is 14.6. The maximum absolute atomic E-state index is 10.5. The summed E-state index contributed by atoms with van der Waals surface area (Å²) in [6, 6.07) is 2.14. The third-order valence-electron chi connectivity index (χ3n) is 4.75. The van der Waals surface area contributed by atoms with Gasteiger partial charge in [0.25, 0.3) is 0 Å². The molecule has 3 heteroatoms. The quantitative estimate of drug-likeness (QED) is 0.887. The molecule has 0 amide bonds. The Balaban J connectivity index is 1.95. The first-order chi connectivity index (χ1) is 9.13. The molecular formula is C16H28N2O. The summed E-state index contributed by atoms with van der Waals surface area (Å²) in [5.41, 5.74) is 2.29. The first-order valence-corrected chi connectivity index (χ1v) is 7.83. The molecule has 3 atom stereocenters. The van der Waals surface area contributed by atoms with Crippen molar-refractivity contribution in [3.63, 3.8) is 0 Å². The molecule has 1 aromatic rings. The maximum Gasteiger partial charge on any atom is 0.0624 e. The van der Waals surface area contributed by atoms with Crippen LogP contribution in [0.2, 0.25) is 0 Å². The zero-order valence-corrected chi connectivity index (χ0v) is 12.6. The van der Waals surface area contributed by atoms with E-state index in [2.05, 4.69) is 25.0 Å². The van der Waals surface area contributed by atoms with Gasteiger partial charge < -0.3 is 5.11 Å². The van der Waals surface area contributed by atoms with Crippen LogP contribution < -0.4 is 0 Å². The normalized spacial score (nSPS) is 25.5. The second-order valence-corrected chi connectivity index (χ2v) is 6.08. The largest absolute Gasteiger partial charge is 0.392 e. The topological polar surface area (TPSA) is 38.0 Å². The molecule has 0 saturated heterocycles. The van der Waals surface area contributed by atoms with Crippen LogP contribution in [0.25, 0.3) is 0 Å². The van der Waals surface area contributed by atoms with Crippen LogP contribution in [0.1, 0.15) is 57.3 Å². The van der Waals surface area contributed by atoms with Gasteiger partial charge in [-0.1, -0.05) is 33.1 Å². The smallest absolute Gasteiger partial charge is 0.0624 e. The predicted molar refractivity (Wildman–Crippen MR) is 78.0 cm³/mol. The van der Waals surface area contributed by atoms with Crippen molar-refractivity contribution in [3.05, 3.63) is 17.5 Å². The Morgan fingerprint density at radius 2 is 2.21 bits per heavy atom. The minimum absolute atomic E-state index is 0.200. The standard InChI is InChI=1S/C16H28N2O/c1-4-12-7-6-8-13(9-12)16(19)11-15-10-14(5-2)17-18(15)3/h10,12-13,16,19H,4-9,11H2,1-3H3. The van der Waals surface area contributed by atoms with E-state index in [-0.39, 0.29) is 6.10 Å². The van der Waals surface area contributed by atoms with Gasteiger partial charge in [-0.2, -0.15) is 5.10 Å². The van der Waals surface area contributed by atoms with Crippen LogP contribution in [-0.2, 0) is 19.9 Å². The predicted octanol–water partition coefficient (Wildman–Crippen LogP) is 3.10. The summed E-state index contributed by atoms with van der Waals surface area (Å²) in [5.74, 6) is 1.31. The molecule has 1 aromatic heterocycles. The zero-order chi connectivity index (χ0) is 13.8. The molecule has 1 heterocycles. The van der Waals surface area contributed by atoms with E-state index in [1.807, 2.05) is 11.7 Å². The fraction of sp³-hybridized carbons (Fsp3) is 0.812. The molecule has 108 valence electrons. The van der Waals surface area contributed by atoms with Gasteiger partial charge in [-0.05, 0) is 37.2 Å². The van der Waals surface area contributed by atoms with E-state index in [4.69, 9.17) is 0 Å². The first-order valence-electron chi connectivity index (χ1n) is 7.83.